The normalized spacial score (nSPS) is 11.9. The standard InChI is InChI=1S/C32H41N3O5S/c1-5-7-22-33-32(37)30(6-2)34(23-21-26-11-9-8-10-12-26)31(36)24-35(27-15-17-28(40-4)18-16-27)41(38,39)29-19-13-25(3)14-20-29/h8-20,30H,5-7,21-24H2,1-4H3,(H,33,37). The van der Waals surface area contributed by atoms with E-state index in [1.54, 1.807) is 36.4 Å². The second-order valence-electron chi connectivity index (χ2n) is 9.91. The number of nitrogens with zero attached hydrogens (tertiary/aromatic N) is 2. The number of methoxy groups -OCH3 is 1. The van der Waals surface area contributed by atoms with E-state index in [-0.39, 0.29) is 17.3 Å². The molecule has 3 rings (SSSR count). The van der Waals surface area contributed by atoms with Gasteiger partial charge in [-0.1, -0.05) is 68.3 Å². The van der Waals surface area contributed by atoms with Gasteiger partial charge in [0.25, 0.3) is 10.0 Å². The predicted molar refractivity (Wildman–Crippen MR) is 163 cm³/mol. The van der Waals surface area contributed by atoms with Crippen LogP contribution in [0.1, 0.15) is 44.2 Å². The fourth-order valence-corrected chi connectivity index (χ4v) is 5.93. The second kappa shape index (κ2) is 15.2. The number of amides is 2. The molecule has 0 aromatic heterocycles. The molecule has 0 spiro atoms. The highest BCUT2D eigenvalue weighted by Crippen LogP contribution is 2.26. The molecule has 1 N–H and O–H groups in total. The molecule has 3 aromatic rings. The quantitative estimate of drug-likeness (QED) is 0.257. The molecule has 1 unspecified atom stereocenters. The highest BCUT2D eigenvalue weighted by Gasteiger charge is 2.33. The molecule has 2 amide bonds. The van der Waals surface area contributed by atoms with Crippen LogP contribution in [0.2, 0.25) is 0 Å². The predicted octanol–water partition coefficient (Wildman–Crippen LogP) is 4.97. The van der Waals surface area contributed by atoms with Crippen molar-refractivity contribution in [3.8, 4) is 5.75 Å². The second-order valence-corrected chi connectivity index (χ2v) is 11.8. The Morgan fingerprint density at radius 2 is 1.59 bits per heavy atom. The molecule has 0 fully saturated rings. The number of hydrogen-bond donors (Lipinski definition) is 1. The van der Waals surface area contributed by atoms with Gasteiger partial charge in [0.1, 0.15) is 18.3 Å². The Labute approximate surface area is 244 Å². The molecule has 0 aliphatic rings. The van der Waals surface area contributed by atoms with Gasteiger partial charge < -0.3 is 15.0 Å². The fraction of sp³-hybridized carbons (Fsp3) is 0.375. The first-order valence-electron chi connectivity index (χ1n) is 14.1. The Kier molecular flexibility index (Phi) is 11.8. The van der Waals surface area contributed by atoms with Gasteiger partial charge in [0.2, 0.25) is 11.8 Å². The van der Waals surface area contributed by atoms with Crippen LogP contribution in [-0.2, 0) is 26.0 Å². The average Bonchev–Trinajstić information content (AvgIpc) is 2.98. The number of sulfonamides is 1. The molecule has 220 valence electrons. The van der Waals surface area contributed by atoms with E-state index < -0.39 is 28.5 Å². The maximum absolute atomic E-state index is 14.1. The Bertz CT molecular complexity index is 1360. The molecule has 41 heavy (non-hydrogen) atoms. The van der Waals surface area contributed by atoms with E-state index in [2.05, 4.69) is 5.32 Å². The first-order chi connectivity index (χ1) is 19.7. The zero-order valence-electron chi connectivity index (χ0n) is 24.4. The molecular weight excluding hydrogens is 538 g/mol. The number of rotatable bonds is 15. The Morgan fingerprint density at radius 1 is 0.927 bits per heavy atom. The average molecular weight is 580 g/mol. The maximum Gasteiger partial charge on any atom is 0.264 e. The number of aryl methyl sites for hydroxylation is 1. The van der Waals surface area contributed by atoms with Crippen LogP contribution in [0.3, 0.4) is 0 Å². The first-order valence-corrected chi connectivity index (χ1v) is 15.5. The summed E-state index contributed by atoms with van der Waals surface area (Å²) in [4.78, 5) is 28.9. The molecule has 3 aromatic carbocycles. The van der Waals surface area contributed by atoms with Gasteiger partial charge >= 0.3 is 0 Å². The zero-order valence-corrected chi connectivity index (χ0v) is 25.2. The molecule has 0 radical (unpaired) electrons. The molecule has 0 aliphatic carbocycles. The Morgan fingerprint density at radius 3 is 2.17 bits per heavy atom. The molecule has 0 bridgehead atoms. The number of hydrogen-bond acceptors (Lipinski definition) is 5. The fourth-order valence-electron chi connectivity index (χ4n) is 4.52. The molecule has 0 aliphatic heterocycles. The van der Waals surface area contributed by atoms with Crippen molar-refractivity contribution >= 4 is 27.5 Å². The van der Waals surface area contributed by atoms with Gasteiger partial charge in [0.05, 0.1) is 17.7 Å². The molecule has 1 atom stereocenters. The minimum absolute atomic E-state index is 0.0758. The molecule has 0 saturated heterocycles. The lowest BCUT2D eigenvalue weighted by Crippen LogP contribution is -2.53. The van der Waals surface area contributed by atoms with Crippen molar-refractivity contribution < 1.29 is 22.7 Å². The summed E-state index contributed by atoms with van der Waals surface area (Å²) in [6.45, 7) is 6.10. The summed E-state index contributed by atoms with van der Waals surface area (Å²) >= 11 is 0. The van der Waals surface area contributed by atoms with Gasteiger partial charge in [-0.25, -0.2) is 8.42 Å². The smallest absolute Gasteiger partial charge is 0.264 e. The zero-order chi connectivity index (χ0) is 29.8. The van der Waals surface area contributed by atoms with E-state index in [0.717, 1.165) is 28.3 Å². The van der Waals surface area contributed by atoms with Crippen LogP contribution >= 0.6 is 0 Å². The van der Waals surface area contributed by atoms with E-state index in [0.29, 0.717) is 30.8 Å². The van der Waals surface area contributed by atoms with Crippen LogP contribution in [0.4, 0.5) is 5.69 Å². The van der Waals surface area contributed by atoms with Crippen LogP contribution < -0.4 is 14.4 Å². The summed E-state index contributed by atoms with van der Waals surface area (Å²) in [6, 6.07) is 22.0. The van der Waals surface area contributed by atoms with Crippen LogP contribution in [-0.4, -0.2) is 57.9 Å². The van der Waals surface area contributed by atoms with Gasteiger partial charge in [-0.15, -0.1) is 0 Å². The highest BCUT2D eigenvalue weighted by molar-refractivity contribution is 7.92. The lowest BCUT2D eigenvalue weighted by atomic mass is 10.1. The number of nitrogens with one attached hydrogen (secondary N) is 1. The third kappa shape index (κ3) is 8.57. The molecule has 9 heteroatoms. The number of carbonyl (C=O) groups is 2. The maximum atomic E-state index is 14.1. The van der Waals surface area contributed by atoms with Crippen molar-refractivity contribution in [3.63, 3.8) is 0 Å². The highest BCUT2D eigenvalue weighted by atomic mass is 32.2. The van der Waals surface area contributed by atoms with Crippen molar-refractivity contribution in [1.82, 2.24) is 10.2 Å². The molecule has 8 nitrogen and oxygen atoms in total. The lowest BCUT2D eigenvalue weighted by molar-refractivity contribution is -0.139. The third-order valence-corrected chi connectivity index (χ3v) is 8.74. The summed E-state index contributed by atoms with van der Waals surface area (Å²) in [5.74, 6) is -0.128. The van der Waals surface area contributed by atoms with E-state index in [9.17, 15) is 18.0 Å². The summed E-state index contributed by atoms with van der Waals surface area (Å²) in [5, 5.41) is 2.95. The van der Waals surface area contributed by atoms with E-state index in [1.165, 1.54) is 24.1 Å². The Hall–Kier alpha value is -3.85. The third-order valence-electron chi connectivity index (χ3n) is 6.95. The van der Waals surface area contributed by atoms with Gasteiger partial charge in [0.15, 0.2) is 0 Å². The number of carbonyl (C=O) groups excluding carboxylic acids is 2. The summed E-state index contributed by atoms with van der Waals surface area (Å²) in [5.41, 5.74) is 2.26. The minimum atomic E-state index is -4.11. The lowest BCUT2D eigenvalue weighted by Gasteiger charge is -2.33. The van der Waals surface area contributed by atoms with Crippen molar-refractivity contribution in [3.05, 3.63) is 90.0 Å². The van der Waals surface area contributed by atoms with Crippen LogP contribution in [0.25, 0.3) is 0 Å². The van der Waals surface area contributed by atoms with Crippen LogP contribution in [0.5, 0.6) is 5.75 Å². The van der Waals surface area contributed by atoms with Crippen molar-refractivity contribution in [1.29, 1.82) is 0 Å². The summed E-state index contributed by atoms with van der Waals surface area (Å²) in [7, 11) is -2.58. The molecule has 0 saturated carbocycles. The van der Waals surface area contributed by atoms with Gasteiger partial charge in [-0.05, 0) is 68.1 Å². The minimum Gasteiger partial charge on any atom is -0.497 e. The van der Waals surface area contributed by atoms with E-state index in [1.807, 2.05) is 51.1 Å². The SMILES string of the molecule is CCCCNC(=O)C(CC)N(CCc1ccccc1)C(=O)CN(c1ccc(OC)cc1)S(=O)(=O)c1ccc(C)cc1. The van der Waals surface area contributed by atoms with Crippen molar-refractivity contribution in [2.75, 3.05) is 31.0 Å². The van der Waals surface area contributed by atoms with Crippen molar-refractivity contribution in [2.45, 2.75) is 57.4 Å². The van der Waals surface area contributed by atoms with E-state index >= 15 is 0 Å². The summed E-state index contributed by atoms with van der Waals surface area (Å²) < 4.78 is 34.2. The van der Waals surface area contributed by atoms with Crippen molar-refractivity contribution in [2.24, 2.45) is 0 Å². The first kappa shape index (κ1) is 31.7. The van der Waals surface area contributed by atoms with Gasteiger partial charge in [0, 0.05) is 13.1 Å². The summed E-state index contributed by atoms with van der Waals surface area (Å²) in [6.07, 6.45) is 2.69. The number of benzene rings is 3. The molecular formula is C32H41N3O5S. The topological polar surface area (TPSA) is 96.0 Å². The number of unbranched alkanes of at least 4 members (excludes halogenated alkanes) is 1. The van der Waals surface area contributed by atoms with Crippen LogP contribution in [0, 0.1) is 6.92 Å². The monoisotopic (exact) mass is 579 g/mol. The molecule has 0 heterocycles. The van der Waals surface area contributed by atoms with Gasteiger partial charge in [-0.3, -0.25) is 13.9 Å². The Balaban J connectivity index is 1.98. The largest absolute Gasteiger partial charge is 0.497 e. The van der Waals surface area contributed by atoms with Crippen LogP contribution in [0.15, 0.2) is 83.8 Å². The van der Waals surface area contributed by atoms with E-state index in [4.69, 9.17) is 4.74 Å². The number of ether oxygens (including phenoxy) is 1. The van der Waals surface area contributed by atoms with Gasteiger partial charge in [-0.2, -0.15) is 0 Å². The number of anilines is 1.